The van der Waals surface area contributed by atoms with E-state index >= 15 is 0 Å². The molecule has 8 heteroatoms. The Kier molecular flexibility index (Phi) is 8.52. The number of carbonyl (C=O) groups excluding carboxylic acids is 1. The van der Waals surface area contributed by atoms with Gasteiger partial charge in [0, 0.05) is 38.2 Å². The van der Waals surface area contributed by atoms with Gasteiger partial charge in [0.15, 0.2) is 0 Å². The first-order valence-electron chi connectivity index (χ1n) is 7.76. The van der Waals surface area contributed by atoms with Crippen LogP contribution in [-0.4, -0.2) is 47.4 Å². The molecule has 1 N–H and O–H groups in total. The van der Waals surface area contributed by atoms with Crippen molar-refractivity contribution in [2.45, 2.75) is 26.2 Å². The molecule has 0 unspecified atom stereocenters. The summed E-state index contributed by atoms with van der Waals surface area (Å²) in [4.78, 5) is 11.8. The second-order valence-corrected chi connectivity index (χ2v) is 7.83. The summed E-state index contributed by atoms with van der Waals surface area (Å²) >= 11 is 6.08. The molecule has 0 aliphatic heterocycles. The van der Waals surface area contributed by atoms with Crippen molar-refractivity contribution in [3.63, 3.8) is 0 Å². The molecule has 0 radical (unpaired) electrons. The first-order valence-corrected chi connectivity index (χ1v) is 9.98. The van der Waals surface area contributed by atoms with Crippen LogP contribution in [0.5, 0.6) is 0 Å². The minimum atomic E-state index is -3.45. The van der Waals surface area contributed by atoms with Crippen molar-refractivity contribution in [3.05, 3.63) is 28.8 Å². The van der Waals surface area contributed by atoms with Crippen LogP contribution in [0.1, 0.15) is 24.8 Å². The third-order valence-corrected chi connectivity index (χ3v) is 5.11. The van der Waals surface area contributed by atoms with Crippen LogP contribution in [0.3, 0.4) is 0 Å². The van der Waals surface area contributed by atoms with Gasteiger partial charge >= 0.3 is 0 Å². The molecule has 0 atom stereocenters. The highest BCUT2D eigenvalue weighted by Gasteiger charge is 2.20. The molecule has 0 heterocycles. The Morgan fingerprint density at radius 2 is 2.04 bits per heavy atom. The highest BCUT2D eigenvalue weighted by molar-refractivity contribution is 7.92. The van der Waals surface area contributed by atoms with Crippen molar-refractivity contribution in [2.75, 3.05) is 37.4 Å². The maximum atomic E-state index is 12.1. The topological polar surface area (TPSA) is 75.7 Å². The average molecular weight is 377 g/mol. The van der Waals surface area contributed by atoms with E-state index in [1.165, 1.54) is 4.31 Å². The van der Waals surface area contributed by atoms with Crippen molar-refractivity contribution in [1.29, 1.82) is 0 Å². The number of carbonyl (C=O) groups is 1. The molecule has 24 heavy (non-hydrogen) atoms. The largest absolute Gasteiger partial charge is 0.385 e. The number of sulfonamides is 1. The molecule has 1 aromatic rings. The lowest BCUT2D eigenvalue weighted by Gasteiger charge is -2.24. The quantitative estimate of drug-likeness (QED) is 0.636. The van der Waals surface area contributed by atoms with Crippen LogP contribution in [0.4, 0.5) is 5.69 Å². The fraction of sp³-hybridized carbons (Fsp3) is 0.562. The zero-order chi connectivity index (χ0) is 18.2. The number of amides is 1. The van der Waals surface area contributed by atoms with E-state index in [1.54, 1.807) is 32.2 Å². The smallest absolute Gasteiger partial charge is 0.232 e. The monoisotopic (exact) mass is 376 g/mol. The van der Waals surface area contributed by atoms with Gasteiger partial charge < -0.3 is 10.1 Å². The van der Waals surface area contributed by atoms with Crippen molar-refractivity contribution in [2.24, 2.45) is 0 Å². The molecule has 0 bridgehead atoms. The Morgan fingerprint density at radius 3 is 2.67 bits per heavy atom. The lowest BCUT2D eigenvalue weighted by atomic mass is 10.2. The van der Waals surface area contributed by atoms with Crippen LogP contribution >= 0.6 is 11.6 Å². The standard InChI is InChI=1S/C16H25ClN2O4S/c1-13-14(17)7-4-8-15(13)19(24(3,21)22)11-5-9-16(20)18-10-6-12-23-2/h4,7-8H,5-6,9-12H2,1-3H3,(H,18,20). The van der Waals surface area contributed by atoms with Crippen LogP contribution in [0.15, 0.2) is 18.2 Å². The number of hydrogen-bond acceptors (Lipinski definition) is 4. The number of halogens is 1. The van der Waals surface area contributed by atoms with Gasteiger partial charge in [0.05, 0.1) is 11.9 Å². The lowest BCUT2D eigenvalue weighted by Crippen LogP contribution is -2.33. The summed E-state index contributed by atoms with van der Waals surface area (Å²) in [5.41, 5.74) is 1.25. The second kappa shape index (κ2) is 9.86. The van der Waals surface area contributed by atoms with Crippen LogP contribution in [0.25, 0.3) is 0 Å². The molecule has 0 fully saturated rings. The maximum absolute atomic E-state index is 12.1. The van der Waals surface area contributed by atoms with E-state index in [2.05, 4.69) is 5.32 Å². The number of benzene rings is 1. The van der Waals surface area contributed by atoms with E-state index in [-0.39, 0.29) is 18.9 Å². The van der Waals surface area contributed by atoms with E-state index in [9.17, 15) is 13.2 Å². The third kappa shape index (κ3) is 6.67. The fourth-order valence-electron chi connectivity index (χ4n) is 2.25. The van der Waals surface area contributed by atoms with Gasteiger partial charge in [0.1, 0.15) is 0 Å². The highest BCUT2D eigenvalue weighted by Crippen LogP contribution is 2.28. The van der Waals surface area contributed by atoms with E-state index in [4.69, 9.17) is 16.3 Å². The third-order valence-electron chi connectivity index (χ3n) is 3.52. The van der Waals surface area contributed by atoms with Gasteiger partial charge in [-0.3, -0.25) is 9.10 Å². The maximum Gasteiger partial charge on any atom is 0.232 e. The summed E-state index contributed by atoms with van der Waals surface area (Å²) in [5.74, 6) is -0.0950. The molecule has 136 valence electrons. The van der Waals surface area contributed by atoms with Crippen LogP contribution in [0, 0.1) is 6.92 Å². The number of rotatable bonds is 10. The van der Waals surface area contributed by atoms with Gasteiger partial charge in [0.2, 0.25) is 15.9 Å². The number of nitrogens with zero attached hydrogens (tertiary/aromatic N) is 1. The molecule has 0 aliphatic rings. The van der Waals surface area contributed by atoms with Crippen molar-refractivity contribution in [3.8, 4) is 0 Å². The minimum Gasteiger partial charge on any atom is -0.385 e. The molecule has 6 nitrogen and oxygen atoms in total. The molecule has 0 aromatic heterocycles. The summed E-state index contributed by atoms with van der Waals surface area (Å²) in [7, 11) is -1.84. The van der Waals surface area contributed by atoms with E-state index < -0.39 is 10.0 Å². The Morgan fingerprint density at radius 1 is 1.33 bits per heavy atom. The zero-order valence-electron chi connectivity index (χ0n) is 14.3. The number of methoxy groups -OCH3 is 1. The van der Waals surface area contributed by atoms with E-state index in [0.29, 0.717) is 35.8 Å². The van der Waals surface area contributed by atoms with Gasteiger partial charge in [-0.1, -0.05) is 17.7 Å². The Balaban J connectivity index is 2.63. The van der Waals surface area contributed by atoms with Crippen LogP contribution in [-0.2, 0) is 19.6 Å². The van der Waals surface area contributed by atoms with Crippen LogP contribution in [0.2, 0.25) is 5.02 Å². The molecule has 0 spiro atoms. The summed E-state index contributed by atoms with van der Waals surface area (Å²) < 4.78 is 30.4. The summed E-state index contributed by atoms with van der Waals surface area (Å²) in [6.45, 7) is 3.15. The van der Waals surface area contributed by atoms with Gasteiger partial charge in [0.25, 0.3) is 0 Å². The normalized spacial score (nSPS) is 11.3. The second-order valence-electron chi connectivity index (χ2n) is 5.52. The molecule has 1 rings (SSSR count). The zero-order valence-corrected chi connectivity index (χ0v) is 15.9. The van der Waals surface area contributed by atoms with Gasteiger partial charge in [-0.15, -0.1) is 0 Å². The molecule has 0 saturated heterocycles. The number of anilines is 1. The van der Waals surface area contributed by atoms with E-state index in [1.807, 2.05) is 0 Å². The Hall–Kier alpha value is -1.31. The molecule has 0 aliphatic carbocycles. The summed E-state index contributed by atoms with van der Waals surface area (Å²) in [5, 5.41) is 3.29. The minimum absolute atomic E-state index is 0.0950. The lowest BCUT2D eigenvalue weighted by molar-refractivity contribution is -0.121. The van der Waals surface area contributed by atoms with Gasteiger partial charge in [-0.05, 0) is 37.5 Å². The first-order chi connectivity index (χ1) is 11.3. The van der Waals surface area contributed by atoms with Crippen molar-refractivity contribution >= 4 is 33.2 Å². The SMILES string of the molecule is COCCCNC(=O)CCCN(c1cccc(Cl)c1C)S(C)(=O)=O. The number of nitrogens with one attached hydrogen (secondary N) is 1. The molecule has 0 saturated carbocycles. The van der Waals surface area contributed by atoms with Gasteiger partial charge in [-0.25, -0.2) is 8.42 Å². The first kappa shape index (κ1) is 20.7. The van der Waals surface area contributed by atoms with Gasteiger partial charge in [-0.2, -0.15) is 0 Å². The fourth-order valence-corrected chi connectivity index (χ4v) is 3.43. The Bertz CT molecular complexity index is 649. The number of ether oxygens (including phenoxy) is 1. The van der Waals surface area contributed by atoms with Crippen molar-refractivity contribution in [1.82, 2.24) is 5.32 Å². The predicted molar refractivity (Wildman–Crippen MR) is 97.1 cm³/mol. The van der Waals surface area contributed by atoms with E-state index in [0.717, 1.165) is 12.7 Å². The van der Waals surface area contributed by atoms with Crippen LogP contribution < -0.4 is 9.62 Å². The highest BCUT2D eigenvalue weighted by atomic mass is 35.5. The number of hydrogen-bond donors (Lipinski definition) is 1. The van der Waals surface area contributed by atoms with Crippen molar-refractivity contribution < 1.29 is 17.9 Å². The molecular formula is C16H25ClN2O4S. The molecule has 1 aromatic carbocycles. The summed E-state index contributed by atoms with van der Waals surface area (Å²) in [6, 6.07) is 5.15. The predicted octanol–water partition coefficient (Wildman–Crippen LogP) is 2.35. The summed E-state index contributed by atoms with van der Waals surface area (Å²) in [6.07, 6.45) is 2.59. The molecular weight excluding hydrogens is 352 g/mol. The molecule has 1 amide bonds. The Labute approximate surface area is 149 Å². The average Bonchev–Trinajstić information content (AvgIpc) is 2.50.